The van der Waals surface area contributed by atoms with Crippen LogP contribution in [0.5, 0.6) is 0 Å². The van der Waals surface area contributed by atoms with Gasteiger partial charge in [-0.1, -0.05) is 13.3 Å². The van der Waals surface area contributed by atoms with Gasteiger partial charge < -0.3 is 10.4 Å². The summed E-state index contributed by atoms with van der Waals surface area (Å²) in [6.07, 6.45) is 7.43. The van der Waals surface area contributed by atoms with E-state index in [0.29, 0.717) is 5.25 Å². The smallest absolute Gasteiger partial charge is 0.0963 e. The van der Waals surface area contributed by atoms with Crippen LogP contribution in [0, 0.1) is 0 Å². The van der Waals surface area contributed by atoms with Gasteiger partial charge in [-0.25, -0.2) is 4.98 Å². The summed E-state index contributed by atoms with van der Waals surface area (Å²) in [5.41, 5.74) is -0.0821. The topological polar surface area (TPSA) is 45.1 Å². The monoisotopic (exact) mass is 358 g/mol. The number of halogens is 1. The van der Waals surface area contributed by atoms with Crippen LogP contribution < -0.4 is 5.32 Å². The summed E-state index contributed by atoms with van der Waals surface area (Å²) >= 11 is 5.25. The molecule has 2 unspecified atom stereocenters. The van der Waals surface area contributed by atoms with Crippen LogP contribution in [-0.4, -0.2) is 34.0 Å². The van der Waals surface area contributed by atoms with Crippen LogP contribution in [0.1, 0.15) is 39.0 Å². The second kappa shape index (κ2) is 7.78. The van der Waals surface area contributed by atoms with Crippen LogP contribution >= 0.6 is 27.7 Å². The molecule has 0 radical (unpaired) electrons. The predicted molar refractivity (Wildman–Crippen MR) is 88.2 cm³/mol. The van der Waals surface area contributed by atoms with Gasteiger partial charge in [-0.05, 0) is 60.3 Å². The molecule has 1 fully saturated rings. The zero-order chi connectivity index (χ0) is 14.4. The molecular weight excluding hydrogens is 336 g/mol. The molecule has 0 spiro atoms. The van der Waals surface area contributed by atoms with E-state index in [1.165, 1.54) is 12.8 Å². The average Bonchev–Trinajstić information content (AvgIpc) is 2.48. The van der Waals surface area contributed by atoms with E-state index in [4.69, 9.17) is 0 Å². The van der Waals surface area contributed by atoms with E-state index in [2.05, 4.69) is 39.2 Å². The van der Waals surface area contributed by atoms with Gasteiger partial charge in [-0.2, -0.15) is 0 Å². The Labute approximate surface area is 134 Å². The molecule has 0 amide bonds. The second-order valence-corrected chi connectivity index (χ2v) is 7.75. The molecule has 1 aromatic heterocycles. The summed E-state index contributed by atoms with van der Waals surface area (Å²) in [5, 5.41) is 15.0. The summed E-state index contributed by atoms with van der Waals surface area (Å²) in [4.78, 5) is 4.44. The highest BCUT2D eigenvalue weighted by atomic mass is 79.9. The molecule has 0 aromatic carbocycles. The van der Waals surface area contributed by atoms with Crippen LogP contribution in [0.3, 0.4) is 0 Å². The number of aliphatic hydroxyl groups excluding tert-OH is 1. The van der Waals surface area contributed by atoms with Crippen LogP contribution in [0.15, 0.2) is 27.8 Å². The Bertz CT molecular complexity index is 415. The standard InChI is InChI=1S/C15H23BrN2OS/c1-2-8-18-15(11-19)7-3-4-13(9-15)20-14-6-5-12(16)10-17-14/h5-6,10,13,18-19H,2-4,7-9,11H2,1H3. The van der Waals surface area contributed by atoms with Crippen molar-refractivity contribution in [2.24, 2.45) is 0 Å². The van der Waals surface area contributed by atoms with E-state index in [9.17, 15) is 5.11 Å². The van der Waals surface area contributed by atoms with E-state index >= 15 is 0 Å². The lowest BCUT2D eigenvalue weighted by Gasteiger charge is -2.40. The molecule has 0 bridgehead atoms. The third-order valence-corrected chi connectivity index (χ3v) is 5.53. The minimum absolute atomic E-state index is 0.0821. The highest BCUT2D eigenvalue weighted by Gasteiger charge is 2.35. The summed E-state index contributed by atoms with van der Waals surface area (Å²) < 4.78 is 1.01. The Balaban J connectivity index is 1.96. The largest absolute Gasteiger partial charge is 0.394 e. The van der Waals surface area contributed by atoms with Crippen molar-refractivity contribution in [3.05, 3.63) is 22.8 Å². The lowest BCUT2D eigenvalue weighted by molar-refractivity contribution is 0.124. The summed E-state index contributed by atoms with van der Waals surface area (Å²) in [7, 11) is 0. The van der Waals surface area contributed by atoms with Crippen molar-refractivity contribution in [3.63, 3.8) is 0 Å². The third-order valence-electron chi connectivity index (χ3n) is 3.84. The van der Waals surface area contributed by atoms with E-state index in [0.717, 1.165) is 35.3 Å². The zero-order valence-corrected chi connectivity index (χ0v) is 14.3. The van der Waals surface area contributed by atoms with Gasteiger partial charge in [0.25, 0.3) is 0 Å². The van der Waals surface area contributed by atoms with Crippen LogP contribution in [0.2, 0.25) is 0 Å². The van der Waals surface area contributed by atoms with Gasteiger partial charge >= 0.3 is 0 Å². The Kier molecular flexibility index (Phi) is 6.33. The van der Waals surface area contributed by atoms with Gasteiger partial charge in [0.05, 0.1) is 11.6 Å². The minimum Gasteiger partial charge on any atom is -0.394 e. The van der Waals surface area contributed by atoms with Gasteiger partial charge in [0, 0.05) is 21.5 Å². The first kappa shape index (κ1) is 16.3. The zero-order valence-electron chi connectivity index (χ0n) is 11.9. The molecule has 2 atom stereocenters. The molecule has 0 aliphatic heterocycles. The normalized spacial score (nSPS) is 26.6. The molecule has 112 valence electrons. The van der Waals surface area contributed by atoms with Crippen molar-refractivity contribution < 1.29 is 5.11 Å². The fourth-order valence-corrected chi connectivity index (χ4v) is 4.28. The fourth-order valence-electron chi connectivity index (χ4n) is 2.76. The average molecular weight is 359 g/mol. The first-order chi connectivity index (χ1) is 9.67. The van der Waals surface area contributed by atoms with Crippen molar-refractivity contribution in [2.45, 2.75) is 54.8 Å². The molecule has 5 heteroatoms. The van der Waals surface area contributed by atoms with Gasteiger partial charge in [0.2, 0.25) is 0 Å². The fraction of sp³-hybridized carbons (Fsp3) is 0.667. The molecule has 1 aliphatic carbocycles. The van der Waals surface area contributed by atoms with Crippen molar-refractivity contribution >= 4 is 27.7 Å². The van der Waals surface area contributed by atoms with Crippen molar-refractivity contribution in [1.29, 1.82) is 0 Å². The molecule has 20 heavy (non-hydrogen) atoms. The predicted octanol–water partition coefficient (Wildman–Crippen LogP) is 3.61. The van der Waals surface area contributed by atoms with E-state index in [1.807, 2.05) is 24.0 Å². The molecule has 1 aliphatic rings. The lowest BCUT2D eigenvalue weighted by atomic mass is 9.82. The SMILES string of the molecule is CCCNC1(CO)CCCC(Sc2ccc(Br)cn2)C1. The highest BCUT2D eigenvalue weighted by Crippen LogP contribution is 2.37. The van der Waals surface area contributed by atoms with Crippen molar-refractivity contribution in [1.82, 2.24) is 10.3 Å². The number of nitrogens with zero attached hydrogens (tertiary/aromatic N) is 1. The number of pyridine rings is 1. The molecule has 2 N–H and O–H groups in total. The maximum Gasteiger partial charge on any atom is 0.0963 e. The number of thioether (sulfide) groups is 1. The molecule has 1 heterocycles. The van der Waals surface area contributed by atoms with Gasteiger partial charge in [0.15, 0.2) is 0 Å². The molecule has 0 saturated heterocycles. The second-order valence-electron chi connectivity index (χ2n) is 5.52. The lowest BCUT2D eigenvalue weighted by Crippen LogP contribution is -2.52. The van der Waals surface area contributed by atoms with E-state index in [1.54, 1.807) is 0 Å². The maximum atomic E-state index is 9.79. The quantitative estimate of drug-likeness (QED) is 0.815. The molecule has 3 nitrogen and oxygen atoms in total. The molecular formula is C15H23BrN2OS. The first-order valence-electron chi connectivity index (χ1n) is 7.31. The van der Waals surface area contributed by atoms with Crippen LogP contribution in [-0.2, 0) is 0 Å². The first-order valence-corrected chi connectivity index (χ1v) is 8.99. The molecule has 2 rings (SSSR count). The number of hydrogen-bond donors (Lipinski definition) is 2. The van der Waals surface area contributed by atoms with Crippen LogP contribution in [0.4, 0.5) is 0 Å². The van der Waals surface area contributed by atoms with Gasteiger partial charge in [-0.3, -0.25) is 0 Å². The minimum atomic E-state index is -0.0821. The van der Waals surface area contributed by atoms with Gasteiger partial charge in [-0.15, -0.1) is 11.8 Å². The van der Waals surface area contributed by atoms with Crippen molar-refractivity contribution in [2.75, 3.05) is 13.2 Å². The van der Waals surface area contributed by atoms with E-state index in [-0.39, 0.29) is 12.1 Å². The van der Waals surface area contributed by atoms with Crippen molar-refractivity contribution in [3.8, 4) is 0 Å². The molecule has 1 saturated carbocycles. The Hall–Kier alpha value is -0.100. The Morgan fingerprint density at radius 3 is 3.05 bits per heavy atom. The number of rotatable bonds is 6. The maximum absolute atomic E-state index is 9.79. The number of nitrogens with one attached hydrogen (secondary N) is 1. The number of aromatic nitrogens is 1. The third kappa shape index (κ3) is 4.45. The summed E-state index contributed by atoms with van der Waals surface area (Å²) in [6.45, 7) is 3.38. The highest BCUT2D eigenvalue weighted by molar-refractivity contribution is 9.10. The number of aliphatic hydroxyl groups is 1. The Morgan fingerprint density at radius 2 is 2.40 bits per heavy atom. The summed E-state index contributed by atoms with van der Waals surface area (Å²) in [6, 6.07) is 4.09. The van der Waals surface area contributed by atoms with Gasteiger partial charge in [0.1, 0.15) is 0 Å². The molecule has 1 aromatic rings. The van der Waals surface area contributed by atoms with Crippen LogP contribution in [0.25, 0.3) is 0 Å². The Morgan fingerprint density at radius 1 is 1.55 bits per heavy atom. The summed E-state index contributed by atoms with van der Waals surface area (Å²) in [5.74, 6) is 0. The van der Waals surface area contributed by atoms with E-state index < -0.39 is 0 Å². The number of hydrogen-bond acceptors (Lipinski definition) is 4.